The van der Waals surface area contributed by atoms with E-state index in [1.807, 2.05) is 24.8 Å². The molecule has 7 nitrogen and oxygen atoms in total. The van der Waals surface area contributed by atoms with Crippen LogP contribution in [0, 0.1) is 11.7 Å². The van der Waals surface area contributed by atoms with Crippen LogP contribution in [0.3, 0.4) is 0 Å². The molecule has 0 saturated carbocycles. The van der Waals surface area contributed by atoms with Crippen LogP contribution in [0.25, 0.3) is 16.6 Å². The van der Waals surface area contributed by atoms with Gasteiger partial charge in [-0.2, -0.15) is 5.10 Å². The first-order chi connectivity index (χ1) is 13.9. The zero-order valence-electron chi connectivity index (χ0n) is 16.6. The van der Waals surface area contributed by atoms with E-state index in [0.717, 1.165) is 18.5 Å². The second kappa shape index (κ2) is 7.35. The van der Waals surface area contributed by atoms with E-state index in [4.69, 9.17) is 11.5 Å². The number of piperidine rings is 1. The van der Waals surface area contributed by atoms with Gasteiger partial charge in [0.1, 0.15) is 17.7 Å². The molecule has 1 saturated heterocycles. The van der Waals surface area contributed by atoms with Gasteiger partial charge >= 0.3 is 0 Å². The molecule has 0 radical (unpaired) electrons. The van der Waals surface area contributed by atoms with Crippen molar-refractivity contribution >= 4 is 22.9 Å². The van der Waals surface area contributed by atoms with Crippen LogP contribution in [-0.4, -0.2) is 38.5 Å². The van der Waals surface area contributed by atoms with Crippen molar-refractivity contribution in [2.24, 2.45) is 5.92 Å². The van der Waals surface area contributed by atoms with Crippen molar-refractivity contribution in [3.8, 4) is 11.1 Å². The molecule has 2 aromatic heterocycles. The lowest BCUT2D eigenvalue weighted by Crippen LogP contribution is -2.40. The summed E-state index contributed by atoms with van der Waals surface area (Å²) >= 11 is 0. The van der Waals surface area contributed by atoms with Crippen molar-refractivity contribution < 1.29 is 9.18 Å². The second-order valence-electron chi connectivity index (χ2n) is 7.88. The van der Waals surface area contributed by atoms with Gasteiger partial charge in [-0.3, -0.25) is 4.79 Å². The van der Waals surface area contributed by atoms with Gasteiger partial charge in [0.25, 0.3) is 0 Å². The first kappa shape index (κ1) is 19.2. The summed E-state index contributed by atoms with van der Waals surface area (Å²) in [5.41, 5.74) is 14.8. The Morgan fingerprint density at radius 3 is 2.55 bits per heavy atom. The quantitative estimate of drug-likeness (QED) is 0.663. The predicted octanol–water partition coefficient (Wildman–Crippen LogP) is 3.06. The molecule has 1 aliphatic rings. The van der Waals surface area contributed by atoms with Crippen molar-refractivity contribution in [2.75, 3.05) is 24.6 Å². The number of likely N-dealkylation sites (tertiary alicyclic amines) is 1. The van der Waals surface area contributed by atoms with Gasteiger partial charge in [-0.25, -0.2) is 13.9 Å². The summed E-state index contributed by atoms with van der Waals surface area (Å²) in [5.74, 6) is 0.251. The highest BCUT2D eigenvalue weighted by atomic mass is 19.1. The molecule has 0 unspecified atom stereocenters. The Kier molecular flexibility index (Phi) is 4.86. The van der Waals surface area contributed by atoms with Crippen LogP contribution in [0.5, 0.6) is 0 Å². The highest BCUT2D eigenvalue weighted by molar-refractivity contribution is 5.89. The van der Waals surface area contributed by atoms with E-state index in [0.29, 0.717) is 41.2 Å². The van der Waals surface area contributed by atoms with Gasteiger partial charge in [0.15, 0.2) is 5.82 Å². The molecule has 1 aromatic carbocycles. The van der Waals surface area contributed by atoms with Crippen molar-refractivity contribution in [1.82, 2.24) is 19.5 Å². The maximum atomic E-state index is 14.6. The van der Waals surface area contributed by atoms with E-state index in [-0.39, 0.29) is 17.7 Å². The van der Waals surface area contributed by atoms with E-state index in [1.165, 1.54) is 12.4 Å². The van der Waals surface area contributed by atoms with Crippen molar-refractivity contribution in [3.05, 3.63) is 42.1 Å². The normalized spacial score (nSPS) is 15.4. The molecule has 1 amide bonds. The molecule has 0 atom stereocenters. The standard InChI is InChI=1S/C21H25FN6O/c1-12(2)21(29)27-7-5-13(6-8-27)18-10-16(15-4-3-14(23)9-17(15)22)19-20(24)25-11-26-28(18)19/h3-4,9-13H,5-8,23H2,1-2H3,(H2,24,25,26). The number of anilines is 2. The van der Waals surface area contributed by atoms with Gasteiger partial charge in [-0.05, 0) is 37.1 Å². The van der Waals surface area contributed by atoms with Gasteiger partial charge in [-0.15, -0.1) is 0 Å². The molecule has 1 aliphatic heterocycles. The number of rotatable bonds is 3. The van der Waals surface area contributed by atoms with Gasteiger partial charge in [0, 0.05) is 47.4 Å². The lowest BCUT2D eigenvalue weighted by molar-refractivity contribution is -0.135. The van der Waals surface area contributed by atoms with Crippen LogP contribution in [0.15, 0.2) is 30.6 Å². The molecule has 1 fully saturated rings. The van der Waals surface area contributed by atoms with Crippen LogP contribution < -0.4 is 11.5 Å². The number of halogens is 1. The molecule has 8 heteroatoms. The third-order valence-corrected chi connectivity index (χ3v) is 5.61. The van der Waals surface area contributed by atoms with E-state index in [2.05, 4.69) is 10.1 Å². The predicted molar refractivity (Wildman–Crippen MR) is 111 cm³/mol. The van der Waals surface area contributed by atoms with E-state index in [9.17, 15) is 9.18 Å². The Morgan fingerprint density at radius 2 is 1.90 bits per heavy atom. The molecular formula is C21H25FN6O. The lowest BCUT2D eigenvalue weighted by Gasteiger charge is -2.33. The molecule has 152 valence electrons. The molecule has 29 heavy (non-hydrogen) atoms. The third kappa shape index (κ3) is 3.39. The van der Waals surface area contributed by atoms with E-state index in [1.54, 1.807) is 16.6 Å². The summed E-state index contributed by atoms with van der Waals surface area (Å²) in [4.78, 5) is 18.3. The summed E-state index contributed by atoms with van der Waals surface area (Å²) in [6.45, 7) is 5.23. The van der Waals surface area contributed by atoms with E-state index >= 15 is 0 Å². The number of amides is 1. The minimum absolute atomic E-state index is 0.00619. The number of fused-ring (bicyclic) bond motifs is 1. The number of nitrogen functional groups attached to an aromatic ring is 2. The van der Waals surface area contributed by atoms with Gasteiger partial charge in [0.2, 0.25) is 5.91 Å². The van der Waals surface area contributed by atoms with Crippen molar-refractivity contribution in [3.63, 3.8) is 0 Å². The number of aromatic nitrogens is 3. The Morgan fingerprint density at radius 1 is 1.17 bits per heavy atom. The number of nitrogens with two attached hydrogens (primary N) is 2. The first-order valence-electron chi connectivity index (χ1n) is 9.83. The molecule has 0 aliphatic carbocycles. The Hall–Kier alpha value is -3.16. The topological polar surface area (TPSA) is 103 Å². The second-order valence-corrected chi connectivity index (χ2v) is 7.88. The first-order valence-corrected chi connectivity index (χ1v) is 9.83. The Bertz CT molecular complexity index is 1070. The maximum Gasteiger partial charge on any atom is 0.225 e. The number of hydrogen-bond donors (Lipinski definition) is 2. The summed E-state index contributed by atoms with van der Waals surface area (Å²) in [6.07, 6.45) is 3.04. The number of benzene rings is 1. The molecule has 3 aromatic rings. The smallest absolute Gasteiger partial charge is 0.225 e. The summed E-state index contributed by atoms with van der Waals surface area (Å²) < 4.78 is 16.4. The minimum Gasteiger partial charge on any atom is -0.399 e. The fourth-order valence-electron chi connectivity index (χ4n) is 4.10. The highest BCUT2D eigenvalue weighted by Crippen LogP contribution is 2.37. The molecule has 3 heterocycles. The molecule has 4 N–H and O–H groups in total. The molecular weight excluding hydrogens is 371 g/mol. The SMILES string of the molecule is CC(C)C(=O)N1CCC(c2cc(-c3ccc(N)cc3F)c3c(N)ncnn23)CC1. The number of carbonyl (C=O) groups excluding carboxylic acids is 1. The molecule has 4 rings (SSSR count). The zero-order valence-corrected chi connectivity index (χ0v) is 16.6. The summed E-state index contributed by atoms with van der Waals surface area (Å²) in [6, 6.07) is 6.56. The monoisotopic (exact) mass is 396 g/mol. The fourth-order valence-corrected chi connectivity index (χ4v) is 4.10. The average Bonchev–Trinajstić information content (AvgIpc) is 3.08. The van der Waals surface area contributed by atoms with Crippen LogP contribution in [0.4, 0.5) is 15.9 Å². The largest absolute Gasteiger partial charge is 0.399 e. The number of hydrogen-bond acceptors (Lipinski definition) is 5. The van der Waals surface area contributed by atoms with Gasteiger partial charge in [0.05, 0.1) is 0 Å². The Balaban J connectivity index is 1.74. The van der Waals surface area contributed by atoms with Crippen molar-refractivity contribution in [2.45, 2.75) is 32.6 Å². The Labute approximate surface area is 168 Å². The highest BCUT2D eigenvalue weighted by Gasteiger charge is 2.28. The van der Waals surface area contributed by atoms with E-state index < -0.39 is 5.82 Å². The minimum atomic E-state index is -0.412. The average molecular weight is 396 g/mol. The third-order valence-electron chi connectivity index (χ3n) is 5.61. The zero-order chi connectivity index (χ0) is 20.7. The lowest BCUT2D eigenvalue weighted by atomic mass is 9.92. The summed E-state index contributed by atoms with van der Waals surface area (Å²) in [7, 11) is 0. The van der Waals surface area contributed by atoms with Crippen LogP contribution >= 0.6 is 0 Å². The molecule has 0 bridgehead atoms. The summed E-state index contributed by atoms with van der Waals surface area (Å²) in [5, 5.41) is 4.39. The fraction of sp³-hybridized carbons (Fsp3) is 0.381. The van der Waals surface area contributed by atoms with Crippen LogP contribution in [-0.2, 0) is 4.79 Å². The number of nitrogens with zero attached hydrogens (tertiary/aromatic N) is 4. The van der Waals surface area contributed by atoms with Crippen LogP contribution in [0.1, 0.15) is 38.3 Å². The molecule has 0 spiro atoms. The van der Waals surface area contributed by atoms with Crippen LogP contribution in [0.2, 0.25) is 0 Å². The maximum absolute atomic E-state index is 14.6. The van der Waals surface area contributed by atoms with Crippen molar-refractivity contribution in [1.29, 1.82) is 0 Å². The van der Waals surface area contributed by atoms with Gasteiger partial charge in [-0.1, -0.05) is 13.8 Å². The number of carbonyl (C=O) groups is 1. The van der Waals surface area contributed by atoms with Gasteiger partial charge < -0.3 is 16.4 Å².